The van der Waals surface area contributed by atoms with Crippen LogP contribution in [0.15, 0.2) is 46.9 Å². The summed E-state index contributed by atoms with van der Waals surface area (Å²) in [6, 6.07) is 14.3. The Morgan fingerprint density at radius 2 is 1.79 bits per heavy atom. The van der Waals surface area contributed by atoms with Gasteiger partial charge in [-0.25, -0.2) is 4.79 Å². The van der Waals surface area contributed by atoms with Crippen molar-refractivity contribution >= 4 is 33.3 Å². The molecule has 1 aliphatic heterocycles. The molecule has 1 heterocycles. The molecule has 0 radical (unpaired) electrons. The van der Waals surface area contributed by atoms with Gasteiger partial charge in [0.1, 0.15) is 0 Å². The molecular formula is C19H22BrN3O. The maximum atomic E-state index is 12.4. The summed E-state index contributed by atoms with van der Waals surface area (Å²) in [5.74, 6) is 0. The lowest BCUT2D eigenvalue weighted by Crippen LogP contribution is -2.50. The Hall–Kier alpha value is -2.01. The predicted octanol–water partition coefficient (Wildman–Crippen LogP) is 4.42. The first kappa shape index (κ1) is 16.8. The Bertz CT molecular complexity index is 739. The standard InChI is InChI=1S/C19H22BrN3O/c1-14-4-3-5-17(12-14)22-8-10-23(11-9-22)19(24)21-16-6-7-18(20)15(2)13-16/h3-7,12-13H,8-11H2,1-2H3,(H,21,24). The fourth-order valence-corrected chi connectivity index (χ4v) is 3.16. The van der Waals surface area contributed by atoms with Crippen LogP contribution in [0.5, 0.6) is 0 Å². The van der Waals surface area contributed by atoms with Crippen LogP contribution >= 0.6 is 15.9 Å². The summed E-state index contributed by atoms with van der Waals surface area (Å²) in [5, 5.41) is 2.99. The van der Waals surface area contributed by atoms with Crippen LogP contribution in [0.1, 0.15) is 11.1 Å². The number of hydrogen-bond donors (Lipinski definition) is 1. The first-order valence-electron chi connectivity index (χ1n) is 8.16. The smallest absolute Gasteiger partial charge is 0.321 e. The topological polar surface area (TPSA) is 35.6 Å². The van der Waals surface area contributed by atoms with Gasteiger partial charge in [0.25, 0.3) is 0 Å². The Morgan fingerprint density at radius 1 is 1.04 bits per heavy atom. The van der Waals surface area contributed by atoms with E-state index < -0.39 is 0 Å². The van der Waals surface area contributed by atoms with Gasteiger partial charge in [-0.05, 0) is 55.3 Å². The summed E-state index contributed by atoms with van der Waals surface area (Å²) in [4.78, 5) is 16.7. The molecule has 0 bridgehead atoms. The summed E-state index contributed by atoms with van der Waals surface area (Å²) < 4.78 is 1.05. The number of anilines is 2. The Balaban J connectivity index is 1.58. The lowest BCUT2D eigenvalue weighted by molar-refractivity contribution is 0.208. The quantitative estimate of drug-likeness (QED) is 0.827. The third kappa shape index (κ3) is 3.90. The van der Waals surface area contributed by atoms with Crippen LogP contribution in [-0.4, -0.2) is 37.1 Å². The molecule has 1 saturated heterocycles. The lowest BCUT2D eigenvalue weighted by Gasteiger charge is -2.36. The van der Waals surface area contributed by atoms with Crippen molar-refractivity contribution in [2.45, 2.75) is 13.8 Å². The summed E-state index contributed by atoms with van der Waals surface area (Å²) in [6.45, 7) is 7.30. The molecule has 3 rings (SSSR count). The number of aryl methyl sites for hydroxylation is 2. The van der Waals surface area contributed by atoms with E-state index in [1.165, 1.54) is 11.3 Å². The first-order chi connectivity index (χ1) is 11.5. The van der Waals surface area contributed by atoms with Crippen molar-refractivity contribution < 1.29 is 4.79 Å². The number of carbonyl (C=O) groups excluding carboxylic acids is 1. The SMILES string of the molecule is Cc1cccc(N2CCN(C(=O)Nc3ccc(Br)c(C)c3)CC2)c1. The zero-order chi connectivity index (χ0) is 17.1. The van der Waals surface area contributed by atoms with Crippen molar-refractivity contribution in [2.24, 2.45) is 0 Å². The van der Waals surface area contributed by atoms with Crippen LogP contribution in [-0.2, 0) is 0 Å². The number of piperazine rings is 1. The van der Waals surface area contributed by atoms with Gasteiger partial charge in [-0.3, -0.25) is 0 Å². The molecule has 0 unspecified atom stereocenters. The largest absolute Gasteiger partial charge is 0.368 e. The second kappa shape index (κ2) is 7.26. The van der Waals surface area contributed by atoms with Gasteiger partial charge in [0.2, 0.25) is 0 Å². The molecule has 1 fully saturated rings. The third-order valence-electron chi connectivity index (χ3n) is 4.34. The van der Waals surface area contributed by atoms with Gasteiger partial charge in [-0.15, -0.1) is 0 Å². The van der Waals surface area contributed by atoms with E-state index in [1.54, 1.807) is 0 Å². The van der Waals surface area contributed by atoms with Crippen LogP contribution in [0.25, 0.3) is 0 Å². The molecule has 1 aliphatic rings. The van der Waals surface area contributed by atoms with Crippen LogP contribution in [0.4, 0.5) is 16.2 Å². The molecule has 0 saturated carbocycles. The molecule has 0 atom stereocenters. The summed E-state index contributed by atoms with van der Waals surface area (Å²) in [6.07, 6.45) is 0. The predicted molar refractivity (Wildman–Crippen MR) is 103 cm³/mol. The van der Waals surface area contributed by atoms with Crippen molar-refractivity contribution in [3.63, 3.8) is 0 Å². The molecule has 24 heavy (non-hydrogen) atoms. The van der Waals surface area contributed by atoms with Crippen LogP contribution in [0.3, 0.4) is 0 Å². The maximum Gasteiger partial charge on any atom is 0.321 e. The van der Waals surface area contributed by atoms with Crippen LogP contribution in [0, 0.1) is 13.8 Å². The van der Waals surface area contributed by atoms with Crippen molar-refractivity contribution in [3.05, 3.63) is 58.1 Å². The van der Waals surface area contributed by atoms with E-state index in [0.29, 0.717) is 0 Å². The number of urea groups is 1. The Kier molecular flexibility index (Phi) is 5.09. The van der Waals surface area contributed by atoms with Gasteiger partial charge >= 0.3 is 6.03 Å². The molecule has 5 heteroatoms. The Labute approximate surface area is 151 Å². The van der Waals surface area contributed by atoms with E-state index >= 15 is 0 Å². The van der Waals surface area contributed by atoms with Crippen LogP contribution in [0.2, 0.25) is 0 Å². The molecule has 2 aromatic carbocycles. The van der Waals surface area contributed by atoms with Crippen LogP contribution < -0.4 is 10.2 Å². The minimum absolute atomic E-state index is 0.0272. The molecule has 4 nitrogen and oxygen atoms in total. The fraction of sp³-hybridized carbons (Fsp3) is 0.316. The highest BCUT2D eigenvalue weighted by Crippen LogP contribution is 2.21. The minimum Gasteiger partial charge on any atom is -0.368 e. The lowest BCUT2D eigenvalue weighted by atomic mass is 10.2. The van der Waals surface area contributed by atoms with E-state index in [0.717, 1.165) is 41.9 Å². The number of carbonyl (C=O) groups is 1. The van der Waals surface area contributed by atoms with Crippen molar-refractivity contribution in [2.75, 3.05) is 36.4 Å². The molecule has 2 aromatic rings. The highest BCUT2D eigenvalue weighted by molar-refractivity contribution is 9.10. The molecule has 0 aliphatic carbocycles. The molecular weight excluding hydrogens is 366 g/mol. The second-order valence-corrected chi connectivity index (χ2v) is 7.06. The molecule has 0 aromatic heterocycles. The number of rotatable bonds is 2. The summed E-state index contributed by atoms with van der Waals surface area (Å²) in [7, 11) is 0. The monoisotopic (exact) mass is 387 g/mol. The van der Waals surface area contributed by atoms with E-state index in [2.05, 4.69) is 57.3 Å². The van der Waals surface area contributed by atoms with Crippen molar-refractivity contribution in [1.29, 1.82) is 0 Å². The number of nitrogens with zero attached hydrogens (tertiary/aromatic N) is 2. The zero-order valence-corrected chi connectivity index (χ0v) is 15.6. The van der Waals surface area contributed by atoms with Crippen molar-refractivity contribution in [3.8, 4) is 0 Å². The summed E-state index contributed by atoms with van der Waals surface area (Å²) in [5.41, 5.74) is 4.44. The van der Waals surface area contributed by atoms with Gasteiger partial charge in [-0.1, -0.05) is 28.1 Å². The van der Waals surface area contributed by atoms with E-state index in [9.17, 15) is 4.79 Å². The number of nitrogens with one attached hydrogen (secondary N) is 1. The van der Waals surface area contributed by atoms with Gasteiger partial charge in [0, 0.05) is 42.0 Å². The number of hydrogen-bond acceptors (Lipinski definition) is 2. The maximum absolute atomic E-state index is 12.4. The highest BCUT2D eigenvalue weighted by atomic mass is 79.9. The minimum atomic E-state index is -0.0272. The normalized spacial score (nSPS) is 14.6. The number of amides is 2. The number of benzene rings is 2. The van der Waals surface area contributed by atoms with Gasteiger partial charge in [0.05, 0.1) is 0 Å². The van der Waals surface area contributed by atoms with E-state index in [4.69, 9.17) is 0 Å². The summed E-state index contributed by atoms with van der Waals surface area (Å²) >= 11 is 3.48. The number of halogens is 1. The fourth-order valence-electron chi connectivity index (χ4n) is 2.92. The Morgan fingerprint density at radius 3 is 2.46 bits per heavy atom. The molecule has 0 spiro atoms. The third-order valence-corrected chi connectivity index (χ3v) is 5.23. The average Bonchev–Trinajstić information content (AvgIpc) is 2.58. The average molecular weight is 388 g/mol. The van der Waals surface area contributed by atoms with E-state index in [-0.39, 0.29) is 6.03 Å². The molecule has 1 N–H and O–H groups in total. The molecule has 2 amide bonds. The molecule has 126 valence electrons. The van der Waals surface area contributed by atoms with Gasteiger partial charge in [-0.2, -0.15) is 0 Å². The van der Waals surface area contributed by atoms with Crippen molar-refractivity contribution in [1.82, 2.24) is 4.90 Å². The second-order valence-electron chi connectivity index (χ2n) is 6.21. The van der Waals surface area contributed by atoms with E-state index in [1.807, 2.05) is 30.0 Å². The van der Waals surface area contributed by atoms with Gasteiger partial charge in [0.15, 0.2) is 0 Å². The highest BCUT2D eigenvalue weighted by Gasteiger charge is 2.21. The zero-order valence-electron chi connectivity index (χ0n) is 14.1. The van der Waals surface area contributed by atoms with Gasteiger partial charge < -0.3 is 15.1 Å². The first-order valence-corrected chi connectivity index (χ1v) is 8.96.